The predicted octanol–water partition coefficient (Wildman–Crippen LogP) is 2.45. The largest absolute Gasteiger partial charge is 0.616 e. The van der Waals surface area contributed by atoms with Gasteiger partial charge in [0.25, 0.3) is 0 Å². The molecule has 1 aromatic rings. The highest BCUT2D eigenvalue weighted by Gasteiger charge is 2.20. The number of nitrogens with zero attached hydrogens (tertiary/aromatic N) is 2. The summed E-state index contributed by atoms with van der Waals surface area (Å²) < 4.78 is 16.9. The molecule has 1 amide bonds. The maximum absolute atomic E-state index is 12.0. The number of amides is 1. The molecule has 7 heteroatoms. The van der Waals surface area contributed by atoms with Crippen LogP contribution in [0.1, 0.15) is 26.3 Å². The summed E-state index contributed by atoms with van der Waals surface area (Å²) >= 11 is -0.950. The van der Waals surface area contributed by atoms with Crippen LogP contribution in [0, 0.1) is 0 Å². The average Bonchev–Trinajstić information content (AvgIpc) is 2.42. The molecule has 0 aliphatic carbocycles. The van der Waals surface area contributed by atoms with Crippen molar-refractivity contribution in [3.63, 3.8) is 0 Å². The van der Waals surface area contributed by atoms with E-state index in [1.54, 1.807) is 18.2 Å². The number of nitrogens with two attached hydrogens (primary N) is 1. The number of carbonyl (C=O) groups excluding carboxylic acids is 1. The van der Waals surface area contributed by atoms with Crippen molar-refractivity contribution in [2.75, 3.05) is 44.1 Å². The predicted molar refractivity (Wildman–Crippen MR) is 101 cm³/mol. The van der Waals surface area contributed by atoms with Gasteiger partial charge in [-0.15, -0.1) is 0 Å². The van der Waals surface area contributed by atoms with E-state index in [0.717, 1.165) is 11.3 Å². The first kappa shape index (κ1) is 20.4. The van der Waals surface area contributed by atoms with Crippen LogP contribution in [0.4, 0.5) is 16.2 Å². The van der Waals surface area contributed by atoms with Crippen molar-refractivity contribution in [3.05, 3.63) is 23.8 Å². The lowest BCUT2D eigenvalue weighted by Crippen LogP contribution is -2.38. The lowest BCUT2D eigenvalue weighted by molar-refractivity contribution is 0.0303. The van der Waals surface area contributed by atoms with Crippen molar-refractivity contribution in [1.82, 2.24) is 4.90 Å². The van der Waals surface area contributed by atoms with Gasteiger partial charge >= 0.3 is 6.09 Å². The number of anilines is 2. The van der Waals surface area contributed by atoms with Crippen LogP contribution < -0.4 is 10.6 Å². The Bertz CT molecular complexity index is 559. The molecule has 1 aromatic carbocycles. The SMILES string of the molecule is CN(CCN(C)c1ccc(N)cc1C[S+](C)[O-])C(=O)OC(C)(C)C. The molecule has 0 heterocycles. The lowest BCUT2D eigenvalue weighted by atomic mass is 10.1. The van der Waals surface area contributed by atoms with Gasteiger partial charge in [0, 0.05) is 44.1 Å². The Labute approximate surface area is 148 Å². The molecule has 0 radical (unpaired) electrons. The minimum absolute atomic E-state index is 0.344. The maximum Gasteiger partial charge on any atom is 0.410 e. The van der Waals surface area contributed by atoms with Crippen molar-refractivity contribution >= 4 is 28.6 Å². The highest BCUT2D eigenvalue weighted by atomic mass is 32.2. The Balaban J connectivity index is 2.71. The summed E-state index contributed by atoms with van der Waals surface area (Å²) in [6.07, 6.45) is 1.33. The molecule has 1 rings (SSSR count). The fraction of sp³-hybridized carbons (Fsp3) is 0.588. The molecule has 136 valence electrons. The van der Waals surface area contributed by atoms with Gasteiger partial charge in [-0.3, -0.25) is 0 Å². The molecule has 0 saturated carbocycles. The number of ether oxygens (including phenoxy) is 1. The van der Waals surface area contributed by atoms with E-state index in [9.17, 15) is 9.35 Å². The summed E-state index contributed by atoms with van der Waals surface area (Å²) in [6.45, 7) is 6.68. The van der Waals surface area contributed by atoms with Crippen LogP contribution >= 0.6 is 0 Å². The topological polar surface area (TPSA) is 81.9 Å². The zero-order valence-electron chi connectivity index (χ0n) is 15.5. The summed E-state index contributed by atoms with van der Waals surface area (Å²) in [5.41, 5.74) is 7.89. The quantitative estimate of drug-likeness (QED) is 0.626. The lowest BCUT2D eigenvalue weighted by Gasteiger charge is -2.28. The Morgan fingerprint density at radius 3 is 2.46 bits per heavy atom. The Morgan fingerprint density at radius 1 is 1.29 bits per heavy atom. The van der Waals surface area contributed by atoms with Crippen LogP contribution in [0.25, 0.3) is 0 Å². The number of hydrogen-bond donors (Lipinski definition) is 1. The van der Waals surface area contributed by atoms with E-state index in [0.29, 0.717) is 24.5 Å². The number of benzene rings is 1. The average molecular weight is 356 g/mol. The van der Waals surface area contributed by atoms with Crippen LogP contribution in [0.3, 0.4) is 0 Å². The second-order valence-electron chi connectivity index (χ2n) is 6.93. The van der Waals surface area contributed by atoms with E-state index >= 15 is 0 Å². The molecular formula is C17H29N3O3S. The molecule has 2 N–H and O–H groups in total. The van der Waals surface area contributed by atoms with E-state index in [4.69, 9.17) is 10.5 Å². The minimum atomic E-state index is -0.950. The molecule has 0 saturated heterocycles. The first-order valence-electron chi connectivity index (χ1n) is 7.83. The van der Waals surface area contributed by atoms with Gasteiger partial charge < -0.3 is 24.8 Å². The van der Waals surface area contributed by atoms with Gasteiger partial charge in [0.2, 0.25) is 0 Å². The van der Waals surface area contributed by atoms with Crippen molar-refractivity contribution < 1.29 is 14.1 Å². The third-order valence-corrected chi connectivity index (χ3v) is 4.07. The van der Waals surface area contributed by atoms with Gasteiger partial charge in [-0.25, -0.2) is 4.79 Å². The van der Waals surface area contributed by atoms with Crippen molar-refractivity contribution in [3.8, 4) is 0 Å². The molecule has 1 unspecified atom stereocenters. The molecule has 0 aromatic heterocycles. The van der Waals surface area contributed by atoms with Gasteiger partial charge in [0.15, 0.2) is 0 Å². The molecule has 6 nitrogen and oxygen atoms in total. The standard InChI is InChI=1S/C17H29N3O3S/c1-17(2,3)23-16(21)20(5)10-9-19(4)15-8-7-14(18)11-13(15)12-24(6)22/h7-8,11H,9-10,12,18H2,1-6H3. The Kier molecular flexibility index (Phi) is 7.23. The summed E-state index contributed by atoms with van der Waals surface area (Å²) in [7, 11) is 3.66. The van der Waals surface area contributed by atoms with Crippen LogP contribution in [0.15, 0.2) is 18.2 Å². The van der Waals surface area contributed by atoms with E-state index in [1.165, 1.54) is 0 Å². The normalized spacial score (nSPS) is 12.6. The third kappa shape index (κ3) is 6.88. The summed E-state index contributed by atoms with van der Waals surface area (Å²) in [4.78, 5) is 15.6. The fourth-order valence-electron chi connectivity index (χ4n) is 2.16. The molecule has 0 fully saturated rings. The zero-order valence-corrected chi connectivity index (χ0v) is 16.3. The Hall–Kier alpha value is -1.60. The number of hydrogen-bond acceptors (Lipinski definition) is 5. The molecule has 24 heavy (non-hydrogen) atoms. The fourth-order valence-corrected chi connectivity index (χ4v) is 2.83. The summed E-state index contributed by atoms with van der Waals surface area (Å²) in [6, 6.07) is 5.60. The minimum Gasteiger partial charge on any atom is -0.616 e. The van der Waals surface area contributed by atoms with E-state index in [2.05, 4.69) is 0 Å². The summed E-state index contributed by atoms with van der Waals surface area (Å²) in [5, 5.41) is 0. The third-order valence-electron chi connectivity index (χ3n) is 3.35. The van der Waals surface area contributed by atoms with Crippen molar-refractivity contribution in [2.24, 2.45) is 0 Å². The second-order valence-corrected chi connectivity index (χ2v) is 8.36. The first-order valence-corrected chi connectivity index (χ1v) is 9.56. The highest BCUT2D eigenvalue weighted by Crippen LogP contribution is 2.24. The summed E-state index contributed by atoms with van der Waals surface area (Å²) in [5.74, 6) is 0.451. The van der Waals surface area contributed by atoms with Crippen LogP contribution in [0.5, 0.6) is 0 Å². The number of likely N-dealkylation sites (N-methyl/N-ethyl adjacent to an activating group) is 2. The van der Waals surface area contributed by atoms with Gasteiger partial charge in [-0.2, -0.15) is 0 Å². The second kappa shape index (κ2) is 8.48. The van der Waals surface area contributed by atoms with Crippen LogP contribution in [-0.4, -0.2) is 54.6 Å². The van der Waals surface area contributed by atoms with Crippen molar-refractivity contribution in [1.29, 1.82) is 0 Å². The molecule has 0 aliphatic rings. The van der Waals surface area contributed by atoms with Crippen molar-refractivity contribution in [2.45, 2.75) is 32.1 Å². The van der Waals surface area contributed by atoms with Crippen LogP contribution in [0.2, 0.25) is 0 Å². The van der Waals surface area contributed by atoms with E-state index in [-0.39, 0.29) is 6.09 Å². The van der Waals surface area contributed by atoms with Gasteiger partial charge in [0.1, 0.15) is 11.4 Å². The number of nitrogen functional groups attached to an aromatic ring is 1. The smallest absolute Gasteiger partial charge is 0.410 e. The van der Waals surface area contributed by atoms with E-state index < -0.39 is 16.8 Å². The monoisotopic (exact) mass is 355 g/mol. The molecule has 0 bridgehead atoms. The highest BCUT2D eigenvalue weighted by molar-refractivity contribution is 7.89. The van der Waals surface area contributed by atoms with Crippen LogP contribution in [-0.2, 0) is 21.7 Å². The molecule has 0 aliphatic heterocycles. The zero-order chi connectivity index (χ0) is 18.5. The Morgan fingerprint density at radius 2 is 1.92 bits per heavy atom. The van der Waals surface area contributed by atoms with Gasteiger partial charge in [-0.1, -0.05) is 11.2 Å². The molecule has 1 atom stereocenters. The molecule has 0 spiro atoms. The first-order chi connectivity index (χ1) is 11.0. The molecular weight excluding hydrogens is 326 g/mol. The number of carbonyl (C=O) groups is 1. The van der Waals surface area contributed by atoms with E-state index in [1.807, 2.05) is 50.9 Å². The maximum atomic E-state index is 12.0. The van der Waals surface area contributed by atoms with Gasteiger partial charge in [0.05, 0.1) is 6.26 Å². The number of rotatable bonds is 6. The van der Waals surface area contributed by atoms with Gasteiger partial charge in [-0.05, 0) is 39.0 Å².